The van der Waals surface area contributed by atoms with E-state index in [9.17, 15) is 14.4 Å². The Bertz CT molecular complexity index is 693. The van der Waals surface area contributed by atoms with Crippen LogP contribution in [0.4, 0.5) is 4.79 Å². The fraction of sp³-hybridized carbons (Fsp3) is 0.118. The number of carbonyl (C=O) groups excluding carboxylic acids is 3. The molecule has 1 heterocycles. The number of nitrogens with zero attached hydrogens (tertiary/aromatic N) is 1. The Morgan fingerprint density at radius 2 is 1.91 bits per heavy atom. The summed E-state index contributed by atoms with van der Waals surface area (Å²) in [4.78, 5) is 36.6. The van der Waals surface area contributed by atoms with Gasteiger partial charge in [0.25, 0.3) is 5.91 Å². The highest BCUT2D eigenvalue weighted by Crippen LogP contribution is 2.20. The number of hydrogen-bond donors (Lipinski definition) is 1. The molecule has 1 unspecified atom stereocenters. The number of imide groups is 1. The molecule has 1 N–H and O–H groups in total. The summed E-state index contributed by atoms with van der Waals surface area (Å²) in [5.74, 6) is -0.410. The maximum Gasteiger partial charge on any atom is 0.325 e. The quantitative estimate of drug-likeness (QED) is 0.679. The zero-order valence-corrected chi connectivity index (χ0v) is 12.5. The van der Waals surface area contributed by atoms with Crippen LogP contribution in [0.15, 0.2) is 59.2 Å². The van der Waals surface area contributed by atoms with Gasteiger partial charge in [-0.25, -0.2) is 9.69 Å². The average Bonchev–Trinajstić information content (AvgIpc) is 3.12. The molecule has 1 aromatic heterocycles. The highest BCUT2D eigenvalue weighted by atomic mass is 16.3. The largest absolute Gasteiger partial charge is 0.467 e. The van der Waals surface area contributed by atoms with Gasteiger partial charge in [-0.15, -0.1) is 0 Å². The molecule has 23 heavy (non-hydrogen) atoms. The second kappa shape index (κ2) is 7.74. The van der Waals surface area contributed by atoms with E-state index in [1.165, 1.54) is 25.5 Å². The van der Waals surface area contributed by atoms with E-state index < -0.39 is 18.0 Å². The maximum atomic E-state index is 12.4. The summed E-state index contributed by atoms with van der Waals surface area (Å²) in [6.07, 6.45) is 4.67. The molecule has 0 saturated carbocycles. The number of carbonyl (C=O) groups is 3. The maximum absolute atomic E-state index is 12.4. The van der Waals surface area contributed by atoms with E-state index in [0.29, 0.717) is 6.29 Å². The van der Waals surface area contributed by atoms with Crippen LogP contribution in [0, 0.1) is 0 Å². The summed E-state index contributed by atoms with van der Waals surface area (Å²) in [6.45, 7) is 0. The van der Waals surface area contributed by atoms with Crippen molar-refractivity contribution in [3.8, 4) is 0 Å². The molecule has 1 aromatic carbocycles. The summed E-state index contributed by atoms with van der Waals surface area (Å²) < 4.78 is 5.15. The van der Waals surface area contributed by atoms with Crippen molar-refractivity contribution in [1.29, 1.82) is 0 Å². The van der Waals surface area contributed by atoms with Gasteiger partial charge in [-0.1, -0.05) is 30.3 Å². The van der Waals surface area contributed by atoms with Crippen molar-refractivity contribution in [2.45, 2.75) is 6.04 Å². The van der Waals surface area contributed by atoms with Gasteiger partial charge in [0.15, 0.2) is 12.3 Å². The Morgan fingerprint density at radius 1 is 1.17 bits per heavy atom. The molecule has 0 radical (unpaired) electrons. The Morgan fingerprint density at radius 3 is 2.48 bits per heavy atom. The van der Waals surface area contributed by atoms with Gasteiger partial charge < -0.3 is 14.5 Å². The van der Waals surface area contributed by atoms with Crippen LogP contribution in [-0.2, 0) is 9.59 Å². The van der Waals surface area contributed by atoms with Crippen LogP contribution in [0.2, 0.25) is 0 Å². The second-order valence-electron chi connectivity index (χ2n) is 4.60. The molecule has 0 bridgehead atoms. The molecular weight excluding hydrogens is 296 g/mol. The molecule has 3 amide bonds. The van der Waals surface area contributed by atoms with E-state index in [1.807, 2.05) is 30.3 Å². The second-order valence-corrected chi connectivity index (χ2v) is 4.60. The predicted octanol–water partition coefficient (Wildman–Crippen LogP) is 2.40. The standard InChI is InChI=1S/C17H16N2O4/c1-18-17(22)19(14(12-20)15-8-5-11-23-15)16(21)10-9-13-6-3-2-4-7-13/h2-12,14H,1H3,(H,18,22). The lowest BCUT2D eigenvalue weighted by Gasteiger charge is -2.23. The van der Waals surface area contributed by atoms with Gasteiger partial charge in [0.05, 0.1) is 6.26 Å². The average molecular weight is 312 g/mol. The molecule has 0 aliphatic rings. The van der Waals surface area contributed by atoms with Gasteiger partial charge in [0, 0.05) is 13.1 Å². The van der Waals surface area contributed by atoms with E-state index in [1.54, 1.807) is 12.1 Å². The van der Waals surface area contributed by atoms with Crippen LogP contribution in [-0.4, -0.2) is 30.2 Å². The molecule has 1 atom stereocenters. The lowest BCUT2D eigenvalue weighted by atomic mass is 10.2. The summed E-state index contributed by atoms with van der Waals surface area (Å²) in [6, 6.07) is 10.4. The third kappa shape index (κ3) is 3.94. The lowest BCUT2D eigenvalue weighted by Crippen LogP contribution is -2.44. The van der Waals surface area contributed by atoms with Crippen LogP contribution in [0.1, 0.15) is 17.4 Å². The number of rotatable bonds is 5. The molecule has 0 fully saturated rings. The Hall–Kier alpha value is -3.15. The first-order valence-corrected chi connectivity index (χ1v) is 6.94. The van der Waals surface area contributed by atoms with Crippen LogP contribution in [0.25, 0.3) is 6.08 Å². The van der Waals surface area contributed by atoms with E-state index >= 15 is 0 Å². The first kappa shape index (κ1) is 16.2. The topological polar surface area (TPSA) is 79.6 Å². The van der Waals surface area contributed by atoms with Gasteiger partial charge >= 0.3 is 6.03 Å². The van der Waals surface area contributed by atoms with Gasteiger partial charge in [-0.05, 0) is 23.8 Å². The third-order valence-corrected chi connectivity index (χ3v) is 3.13. The Kier molecular flexibility index (Phi) is 5.46. The number of nitrogens with one attached hydrogen (secondary N) is 1. The first-order valence-electron chi connectivity index (χ1n) is 6.94. The van der Waals surface area contributed by atoms with Crippen molar-refractivity contribution in [1.82, 2.24) is 10.2 Å². The van der Waals surface area contributed by atoms with Crippen molar-refractivity contribution >= 4 is 24.3 Å². The summed E-state index contributed by atoms with van der Waals surface area (Å²) in [5.41, 5.74) is 0.804. The van der Waals surface area contributed by atoms with Gasteiger partial charge in [0.1, 0.15) is 5.76 Å². The molecule has 2 aromatic rings. The monoisotopic (exact) mass is 312 g/mol. The van der Waals surface area contributed by atoms with Gasteiger partial charge in [0.2, 0.25) is 0 Å². The molecule has 6 heteroatoms. The molecule has 6 nitrogen and oxygen atoms in total. The van der Waals surface area contributed by atoms with E-state index in [4.69, 9.17) is 4.42 Å². The highest BCUT2D eigenvalue weighted by molar-refractivity contribution is 6.04. The van der Waals surface area contributed by atoms with E-state index in [2.05, 4.69) is 5.32 Å². The molecular formula is C17H16N2O4. The number of hydrogen-bond acceptors (Lipinski definition) is 4. The minimum absolute atomic E-state index is 0.213. The van der Waals surface area contributed by atoms with Crippen LogP contribution in [0.5, 0.6) is 0 Å². The van der Waals surface area contributed by atoms with Crippen LogP contribution < -0.4 is 5.32 Å². The Labute approximate surface area is 133 Å². The van der Waals surface area contributed by atoms with E-state index in [0.717, 1.165) is 10.5 Å². The molecule has 2 rings (SSSR count). The zero-order chi connectivity index (χ0) is 16.7. The van der Waals surface area contributed by atoms with Gasteiger partial charge in [-0.2, -0.15) is 0 Å². The van der Waals surface area contributed by atoms with Crippen molar-refractivity contribution in [2.75, 3.05) is 7.05 Å². The van der Waals surface area contributed by atoms with Crippen LogP contribution >= 0.6 is 0 Å². The van der Waals surface area contributed by atoms with Crippen LogP contribution in [0.3, 0.4) is 0 Å². The van der Waals surface area contributed by atoms with Crippen molar-refractivity contribution in [3.05, 3.63) is 66.1 Å². The fourth-order valence-corrected chi connectivity index (χ4v) is 2.01. The third-order valence-electron chi connectivity index (χ3n) is 3.13. The SMILES string of the molecule is CNC(=O)N(C(=O)C=Cc1ccccc1)C(C=O)c1ccco1. The first-order chi connectivity index (χ1) is 11.2. The number of urea groups is 1. The molecule has 0 aliphatic heterocycles. The number of amides is 3. The fourth-order valence-electron chi connectivity index (χ4n) is 2.01. The molecule has 0 aliphatic carbocycles. The summed E-state index contributed by atoms with van der Waals surface area (Å²) >= 11 is 0. The molecule has 0 saturated heterocycles. The Balaban J connectivity index is 2.27. The van der Waals surface area contributed by atoms with Crippen molar-refractivity contribution in [3.63, 3.8) is 0 Å². The van der Waals surface area contributed by atoms with Crippen molar-refractivity contribution in [2.24, 2.45) is 0 Å². The number of aldehydes is 1. The molecule has 0 spiro atoms. The molecule has 118 valence electrons. The minimum Gasteiger partial charge on any atom is -0.467 e. The van der Waals surface area contributed by atoms with Crippen molar-refractivity contribution < 1.29 is 18.8 Å². The minimum atomic E-state index is -1.13. The smallest absolute Gasteiger partial charge is 0.325 e. The summed E-state index contributed by atoms with van der Waals surface area (Å²) in [5, 5.41) is 2.35. The number of benzene rings is 1. The van der Waals surface area contributed by atoms with Gasteiger partial charge in [-0.3, -0.25) is 4.79 Å². The summed E-state index contributed by atoms with van der Waals surface area (Å²) in [7, 11) is 1.38. The normalized spacial score (nSPS) is 11.9. The van der Waals surface area contributed by atoms with E-state index in [-0.39, 0.29) is 5.76 Å². The predicted molar refractivity (Wildman–Crippen MR) is 84.3 cm³/mol. The zero-order valence-electron chi connectivity index (χ0n) is 12.5. The highest BCUT2D eigenvalue weighted by Gasteiger charge is 2.30. The number of furan rings is 1. The lowest BCUT2D eigenvalue weighted by molar-refractivity contribution is -0.129.